The minimum absolute atomic E-state index is 0.0263. The van der Waals surface area contributed by atoms with Crippen LogP contribution in [0.15, 0.2) is 46.9 Å². The Bertz CT molecular complexity index is 762. The normalized spacial score (nSPS) is 15.0. The highest BCUT2D eigenvalue weighted by molar-refractivity contribution is 9.10. The van der Waals surface area contributed by atoms with Crippen molar-refractivity contribution in [1.29, 1.82) is 0 Å². The van der Waals surface area contributed by atoms with Crippen molar-refractivity contribution in [2.45, 2.75) is 32.1 Å². The second-order valence-corrected chi connectivity index (χ2v) is 7.17. The minimum Gasteiger partial charge on any atom is -0.381 e. The van der Waals surface area contributed by atoms with Gasteiger partial charge in [-0.1, -0.05) is 40.2 Å². The summed E-state index contributed by atoms with van der Waals surface area (Å²) in [7, 11) is 0. The third-order valence-electron chi connectivity index (χ3n) is 4.27. The Labute approximate surface area is 160 Å². The highest BCUT2D eigenvalue weighted by Gasteiger charge is 2.14. The van der Waals surface area contributed by atoms with Crippen LogP contribution in [0.1, 0.15) is 34.3 Å². The zero-order valence-corrected chi connectivity index (χ0v) is 15.9. The number of rotatable bonds is 6. The van der Waals surface area contributed by atoms with E-state index in [9.17, 15) is 9.18 Å². The molecular weight excluding hydrogens is 401 g/mol. The molecule has 0 radical (unpaired) electrons. The Morgan fingerprint density at radius 1 is 1.19 bits per heavy atom. The zero-order valence-electron chi connectivity index (χ0n) is 14.3. The first-order chi connectivity index (χ1) is 12.6. The second kappa shape index (κ2) is 9.26. The predicted molar refractivity (Wildman–Crippen MR) is 100 cm³/mol. The summed E-state index contributed by atoms with van der Waals surface area (Å²) in [6, 6.07) is 12.2. The molecule has 3 rings (SSSR count). The molecule has 4 nitrogen and oxygen atoms in total. The third-order valence-corrected chi connectivity index (χ3v) is 4.76. The molecule has 0 spiro atoms. The molecule has 1 N–H and O–H groups in total. The van der Waals surface area contributed by atoms with Crippen molar-refractivity contribution in [2.24, 2.45) is 0 Å². The van der Waals surface area contributed by atoms with Crippen LogP contribution in [0.2, 0.25) is 0 Å². The summed E-state index contributed by atoms with van der Waals surface area (Å²) in [6.07, 6.45) is 2.09. The molecule has 1 fully saturated rings. The van der Waals surface area contributed by atoms with Crippen LogP contribution in [0.25, 0.3) is 0 Å². The molecule has 0 bridgehead atoms. The van der Waals surface area contributed by atoms with Crippen molar-refractivity contribution in [1.82, 2.24) is 5.32 Å². The van der Waals surface area contributed by atoms with Gasteiger partial charge in [-0.25, -0.2) is 4.39 Å². The standard InChI is InChI=1S/C20H21BrFNO3/c21-16-4-5-19(22)18(11-16)20(24)23-12-14-2-1-3-15(10-14)13-26-17-6-8-25-9-7-17/h1-5,10-11,17H,6-9,12-13H2,(H,23,24). The summed E-state index contributed by atoms with van der Waals surface area (Å²) in [5, 5.41) is 2.76. The van der Waals surface area contributed by atoms with E-state index in [-0.39, 0.29) is 11.7 Å². The fourth-order valence-electron chi connectivity index (χ4n) is 2.84. The number of carbonyl (C=O) groups is 1. The van der Waals surface area contributed by atoms with Crippen LogP contribution in [0.3, 0.4) is 0 Å². The number of nitrogens with one attached hydrogen (secondary N) is 1. The molecule has 6 heteroatoms. The van der Waals surface area contributed by atoms with E-state index in [1.807, 2.05) is 24.3 Å². The fourth-order valence-corrected chi connectivity index (χ4v) is 3.20. The number of ether oxygens (including phenoxy) is 2. The third kappa shape index (κ3) is 5.37. The summed E-state index contributed by atoms with van der Waals surface area (Å²) in [5.74, 6) is -0.975. The molecule has 1 aliphatic heterocycles. The van der Waals surface area contributed by atoms with Crippen molar-refractivity contribution in [3.8, 4) is 0 Å². The van der Waals surface area contributed by atoms with E-state index in [1.54, 1.807) is 6.07 Å². The summed E-state index contributed by atoms with van der Waals surface area (Å²) >= 11 is 3.25. The van der Waals surface area contributed by atoms with Crippen molar-refractivity contribution < 1.29 is 18.7 Å². The number of carbonyl (C=O) groups excluding carboxylic acids is 1. The molecule has 1 heterocycles. The van der Waals surface area contributed by atoms with Gasteiger partial charge in [-0.05, 0) is 42.2 Å². The number of hydrogen-bond donors (Lipinski definition) is 1. The van der Waals surface area contributed by atoms with Crippen LogP contribution in [0, 0.1) is 5.82 Å². The molecule has 0 aliphatic carbocycles. The predicted octanol–water partition coefficient (Wildman–Crippen LogP) is 4.21. The molecule has 1 amide bonds. The van der Waals surface area contributed by atoms with Crippen LogP contribution in [0.4, 0.5) is 4.39 Å². The van der Waals surface area contributed by atoms with E-state index in [0.717, 1.165) is 37.2 Å². The first-order valence-corrected chi connectivity index (χ1v) is 9.41. The van der Waals surface area contributed by atoms with Crippen LogP contribution >= 0.6 is 15.9 Å². The highest BCUT2D eigenvalue weighted by atomic mass is 79.9. The maximum Gasteiger partial charge on any atom is 0.254 e. The van der Waals surface area contributed by atoms with E-state index in [4.69, 9.17) is 9.47 Å². The minimum atomic E-state index is -0.538. The number of halogens is 2. The molecule has 0 saturated carbocycles. The summed E-state index contributed by atoms with van der Waals surface area (Å²) < 4.78 is 25.7. The van der Waals surface area contributed by atoms with Gasteiger partial charge in [-0.3, -0.25) is 4.79 Å². The maximum atomic E-state index is 13.8. The van der Waals surface area contributed by atoms with Crippen molar-refractivity contribution in [3.63, 3.8) is 0 Å². The SMILES string of the molecule is O=C(NCc1cccc(COC2CCOCC2)c1)c1cc(Br)ccc1F. The summed E-state index contributed by atoms with van der Waals surface area (Å²) in [4.78, 5) is 12.2. The van der Waals surface area contributed by atoms with Gasteiger partial charge in [0.2, 0.25) is 0 Å². The first-order valence-electron chi connectivity index (χ1n) is 8.62. The second-order valence-electron chi connectivity index (χ2n) is 6.25. The van der Waals surface area contributed by atoms with Gasteiger partial charge in [-0.2, -0.15) is 0 Å². The number of benzene rings is 2. The van der Waals surface area contributed by atoms with Crippen molar-refractivity contribution in [3.05, 3.63) is 69.4 Å². The quantitative estimate of drug-likeness (QED) is 0.759. The zero-order chi connectivity index (χ0) is 18.4. The van der Waals surface area contributed by atoms with E-state index in [0.29, 0.717) is 17.6 Å². The maximum absolute atomic E-state index is 13.8. The largest absolute Gasteiger partial charge is 0.381 e. The van der Waals surface area contributed by atoms with Crippen molar-refractivity contribution in [2.75, 3.05) is 13.2 Å². The number of amides is 1. The molecule has 0 aromatic heterocycles. The van der Waals surface area contributed by atoms with Crippen LogP contribution in [-0.2, 0) is 22.6 Å². The summed E-state index contributed by atoms with van der Waals surface area (Å²) in [5.41, 5.74) is 2.03. The average molecular weight is 422 g/mol. The Hall–Kier alpha value is -1.76. The average Bonchev–Trinajstić information content (AvgIpc) is 2.67. The van der Waals surface area contributed by atoms with E-state index in [2.05, 4.69) is 21.2 Å². The molecule has 1 saturated heterocycles. The Morgan fingerprint density at radius 2 is 1.96 bits per heavy atom. The fraction of sp³-hybridized carbons (Fsp3) is 0.350. The molecular formula is C20H21BrFNO3. The molecule has 2 aromatic rings. The van der Waals surface area contributed by atoms with E-state index < -0.39 is 11.7 Å². The van der Waals surface area contributed by atoms with Crippen LogP contribution in [0.5, 0.6) is 0 Å². The highest BCUT2D eigenvalue weighted by Crippen LogP contribution is 2.16. The van der Waals surface area contributed by atoms with Gasteiger partial charge in [0.25, 0.3) is 5.91 Å². The topological polar surface area (TPSA) is 47.6 Å². The lowest BCUT2D eigenvalue weighted by Crippen LogP contribution is -2.24. The van der Waals surface area contributed by atoms with Gasteiger partial charge < -0.3 is 14.8 Å². The molecule has 26 heavy (non-hydrogen) atoms. The smallest absolute Gasteiger partial charge is 0.254 e. The molecule has 0 atom stereocenters. The van der Waals surface area contributed by atoms with Gasteiger partial charge in [-0.15, -0.1) is 0 Å². The van der Waals surface area contributed by atoms with Gasteiger partial charge in [0, 0.05) is 24.2 Å². The lowest BCUT2D eigenvalue weighted by molar-refractivity contribution is -0.0390. The molecule has 2 aromatic carbocycles. The van der Waals surface area contributed by atoms with Crippen LogP contribution < -0.4 is 5.32 Å². The number of hydrogen-bond acceptors (Lipinski definition) is 3. The van der Waals surface area contributed by atoms with Gasteiger partial charge in [0.1, 0.15) is 5.82 Å². The van der Waals surface area contributed by atoms with Gasteiger partial charge >= 0.3 is 0 Å². The molecule has 0 unspecified atom stereocenters. The van der Waals surface area contributed by atoms with Crippen LogP contribution in [-0.4, -0.2) is 25.2 Å². The van der Waals surface area contributed by atoms with Gasteiger partial charge in [0.05, 0.1) is 18.3 Å². The lowest BCUT2D eigenvalue weighted by atomic mass is 10.1. The van der Waals surface area contributed by atoms with Crippen molar-refractivity contribution >= 4 is 21.8 Å². The monoisotopic (exact) mass is 421 g/mol. The Morgan fingerprint density at radius 3 is 2.77 bits per heavy atom. The molecule has 138 valence electrons. The summed E-state index contributed by atoms with van der Waals surface area (Å²) in [6.45, 7) is 2.37. The lowest BCUT2D eigenvalue weighted by Gasteiger charge is -2.22. The Balaban J connectivity index is 1.54. The van der Waals surface area contributed by atoms with E-state index >= 15 is 0 Å². The Kier molecular flexibility index (Phi) is 6.77. The van der Waals surface area contributed by atoms with E-state index in [1.165, 1.54) is 12.1 Å². The van der Waals surface area contributed by atoms with Gasteiger partial charge in [0.15, 0.2) is 0 Å². The molecule has 1 aliphatic rings. The first kappa shape index (κ1) is 19.0.